The molecular formula is C27H31F3N8O5. The lowest BCUT2D eigenvalue weighted by atomic mass is 9.99. The molecular weight excluding hydrogens is 573 g/mol. The van der Waals surface area contributed by atoms with Crippen molar-refractivity contribution in [2.45, 2.75) is 38.7 Å². The summed E-state index contributed by atoms with van der Waals surface area (Å²) in [6, 6.07) is 7.54. The maximum Gasteiger partial charge on any atom is 0.416 e. The van der Waals surface area contributed by atoms with Gasteiger partial charge in [-0.05, 0) is 59.8 Å². The Morgan fingerprint density at radius 3 is 2.49 bits per heavy atom. The highest BCUT2D eigenvalue weighted by Gasteiger charge is 2.34. The van der Waals surface area contributed by atoms with E-state index >= 15 is 0 Å². The molecule has 1 aliphatic heterocycles. The van der Waals surface area contributed by atoms with Crippen molar-refractivity contribution in [3.05, 3.63) is 59.9 Å². The first kappa shape index (κ1) is 31.2. The van der Waals surface area contributed by atoms with Crippen LogP contribution >= 0.6 is 0 Å². The Bertz CT molecular complexity index is 1440. The lowest BCUT2D eigenvalue weighted by Gasteiger charge is -2.38. The molecule has 0 aliphatic carbocycles. The molecule has 3 aromatic rings. The maximum absolute atomic E-state index is 13.6. The summed E-state index contributed by atoms with van der Waals surface area (Å²) in [7, 11) is 1.51. The van der Waals surface area contributed by atoms with Crippen LogP contribution in [0.3, 0.4) is 0 Å². The van der Waals surface area contributed by atoms with Crippen LogP contribution in [0.25, 0.3) is 0 Å². The molecule has 2 aromatic carbocycles. The molecule has 43 heavy (non-hydrogen) atoms. The van der Waals surface area contributed by atoms with E-state index in [0.717, 1.165) is 12.1 Å². The average Bonchev–Trinajstić information content (AvgIpc) is 3.47. The molecule has 0 saturated carbocycles. The SMILES string of the molecule is C[C@@H]1CN([C@@H](C)CO)C(=O)c2cc(NC(=O)Cn3cnnn3)ccc2O[C@@H]1CN(C)C(=O)Nc1ccc(C(F)(F)F)cc1. The summed E-state index contributed by atoms with van der Waals surface area (Å²) in [5.74, 6) is -0.930. The van der Waals surface area contributed by atoms with Gasteiger partial charge in [0, 0.05) is 30.9 Å². The second kappa shape index (κ2) is 13.1. The predicted octanol–water partition coefficient (Wildman–Crippen LogP) is 2.71. The topological polar surface area (TPSA) is 155 Å². The second-order valence-corrected chi connectivity index (χ2v) is 10.3. The molecule has 230 valence electrons. The molecule has 0 saturated heterocycles. The second-order valence-electron chi connectivity index (χ2n) is 10.3. The van der Waals surface area contributed by atoms with Crippen LogP contribution in [0.4, 0.5) is 29.3 Å². The molecule has 2 heterocycles. The van der Waals surface area contributed by atoms with E-state index in [0.29, 0.717) is 5.69 Å². The molecule has 13 nitrogen and oxygen atoms in total. The molecule has 0 radical (unpaired) electrons. The maximum atomic E-state index is 13.6. The van der Waals surface area contributed by atoms with Gasteiger partial charge in [0.05, 0.1) is 30.3 Å². The number of carbonyl (C=O) groups excluding carboxylic acids is 3. The monoisotopic (exact) mass is 604 g/mol. The van der Waals surface area contributed by atoms with E-state index in [2.05, 4.69) is 26.2 Å². The van der Waals surface area contributed by atoms with Crippen molar-refractivity contribution in [3.8, 4) is 5.75 Å². The van der Waals surface area contributed by atoms with Crippen LogP contribution in [0.2, 0.25) is 0 Å². The molecule has 4 rings (SSSR count). The number of aliphatic hydroxyl groups excluding tert-OH is 1. The van der Waals surface area contributed by atoms with Crippen molar-refractivity contribution in [2.75, 3.05) is 37.4 Å². The van der Waals surface area contributed by atoms with Crippen molar-refractivity contribution < 1.29 is 37.4 Å². The quantitative estimate of drug-likeness (QED) is 0.355. The molecule has 3 N–H and O–H groups in total. The minimum Gasteiger partial charge on any atom is -0.487 e. The minimum atomic E-state index is -4.49. The molecule has 3 atom stereocenters. The van der Waals surface area contributed by atoms with E-state index in [1.165, 1.54) is 52.1 Å². The van der Waals surface area contributed by atoms with E-state index < -0.39 is 41.7 Å². The summed E-state index contributed by atoms with van der Waals surface area (Å²) in [5.41, 5.74) is -0.177. The lowest BCUT2D eigenvalue weighted by Crippen LogP contribution is -2.50. The molecule has 0 bridgehead atoms. The summed E-state index contributed by atoms with van der Waals surface area (Å²) in [6.45, 7) is 3.35. The van der Waals surface area contributed by atoms with Crippen LogP contribution in [0.1, 0.15) is 29.8 Å². The standard InChI is InChI=1S/C27H31F3N8O5/c1-16-11-38(17(2)14-39)25(41)21-10-20(32-24(40)13-37-15-31-34-35-37)8-9-22(21)43-23(16)12-36(3)26(42)33-19-6-4-18(5-7-19)27(28,29)30/h4-10,15-17,23,39H,11-14H2,1-3H3,(H,32,40)(H,33,42)/t16-,17+,23-/m1/s1. The average molecular weight is 605 g/mol. The molecule has 0 fully saturated rings. The lowest BCUT2D eigenvalue weighted by molar-refractivity contribution is -0.137. The molecule has 4 amide bonds. The number of nitrogens with zero attached hydrogens (tertiary/aromatic N) is 6. The van der Waals surface area contributed by atoms with Gasteiger partial charge in [0.2, 0.25) is 5.91 Å². The third kappa shape index (κ3) is 7.77. The predicted molar refractivity (Wildman–Crippen MR) is 147 cm³/mol. The highest BCUT2D eigenvalue weighted by Crippen LogP contribution is 2.32. The fourth-order valence-corrected chi connectivity index (χ4v) is 4.43. The van der Waals surface area contributed by atoms with Crippen molar-refractivity contribution in [1.82, 2.24) is 30.0 Å². The van der Waals surface area contributed by atoms with Crippen LogP contribution in [0.5, 0.6) is 5.75 Å². The van der Waals surface area contributed by atoms with E-state index in [4.69, 9.17) is 4.74 Å². The summed E-state index contributed by atoms with van der Waals surface area (Å²) >= 11 is 0. The third-order valence-corrected chi connectivity index (χ3v) is 6.91. The summed E-state index contributed by atoms with van der Waals surface area (Å²) < 4.78 is 46.1. The number of tetrazole rings is 1. The van der Waals surface area contributed by atoms with Crippen molar-refractivity contribution in [1.29, 1.82) is 0 Å². The van der Waals surface area contributed by atoms with Crippen molar-refractivity contribution in [2.24, 2.45) is 5.92 Å². The number of rotatable bonds is 8. The van der Waals surface area contributed by atoms with Gasteiger partial charge >= 0.3 is 12.2 Å². The fourth-order valence-electron chi connectivity index (χ4n) is 4.43. The minimum absolute atomic E-state index is 0.0625. The van der Waals surface area contributed by atoms with Crippen LogP contribution in [0, 0.1) is 5.92 Å². The zero-order valence-corrected chi connectivity index (χ0v) is 23.6. The fraction of sp³-hybridized carbons (Fsp3) is 0.407. The number of nitrogens with one attached hydrogen (secondary N) is 2. The Hall–Kier alpha value is -4.73. The van der Waals surface area contributed by atoms with Crippen LogP contribution < -0.4 is 15.4 Å². The van der Waals surface area contributed by atoms with Crippen molar-refractivity contribution in [3.63, 3.8) is 0 Å². The van der Waals surface area contributed by atoms with Crippen LogP contribution in [-0.2, 0) is 17.5 Å². The first-order valence-corrected chi connectivity index (χ1v) is 13.3. The highest BCUT2D eigenvalue weighted by molar-refractivity contribution is 6.00. The van der Waals surface area contributed by atoms with E-state index in [1.807, 2.05) is 6.92 Å². The number of benzene rings is 2. The van der Waals surface area contributed by atoms with Crippen LogP contribution in [-0.4, -0.2) is 91.8 Å². The molecule has 0 unspecified atom stereocenters. The zero-order chi connectivity index (χ0) is 31.3. The third-order valence-electron chi connectivity index (χ3n) is 6.91. The van der Waals surface area contributed by atoms with Crippen LogP contribution in [0.15, 0.2) is 48.8 Å². The highest BCUT2D eigenvalue weighted by atomic mass is 19.4. The van der Waals surface area contributed by atoms with Gasteiger partial charge in [-0.3, -0.25) is 9.59 Å². The number of hydrogen-bond acceptors (Lipinski definition) is 8. The largest absolute Gasteiger partial charge is 0.487 e. The number of carbonyl (C=O) groups is 3. The Kier molecular flexibility index (Phi) is 9.48. The normalized spacial score (nSPS) is 17.7. The number of halogens is 3. The first-order valence-electron chi connectivity index (χ1n) is 13.3. The van der Waals surface area contributed by atoms with Gasteiger partial charge in [0.25, 0.3) is 5.91 Å². The molecule has 1 aliphatic rings. The number of anilines is 2. The number of likely N-dealkylation sites (N-methyl/N-ethyl adjacent to an activating group) is 1. The summed E-state index contributed by atoms with van der Waals surface area (Å²) in [6.07, 6.45) is -3.83. The zero-order valence-electron chi connectivity index (χ0n) is 23.6. The van der Waals surface area contributed by atoms with Gasteiger partial charge in [0.15, 0.2) is 0 Å². The Labute approximate surface area is 244 Å². The number of alkyl halides is 3. The van der Waals surface area contributed by atoms with Gasteiger partial charge in [-0.1, -0.05) is 6.92 Å². The Morgan fingerprint density at radius 1 is 1.16 bits per heavy atom. The number of aromatic nitrogens is 4. The van der Waals surface area contributed by atoms with E-state index in [1.54, 1.807) is 13.0 Å². The molecule has 16 heteroatoms. The molecule has 0 spiro atoms. The van der Waals surface area contributed by atoms with Gasteiger partial charge in [-0.2, -0.15) is 13.2 Å². The van der Waals surface area contributed by atoms with Gasteiger partial charge in [-0.25, -0.2) is 9.48 Å². The van der Waals surface area contributed by atoms with Gasteiger partial charge in [0.1, 0.15) is 24.7 Å². The summed E-state index contributed by atoms with van der Waals surface area (Å²) in [5, 5.41) is 25.7. The van der Waals surface area contributed by atoms with E-state index in [9.17, 15) is 32.7 Å². The Balaban J connectivity index is 1.52. The number of ether oxygens (including phenoxy) is 1. The Morgan fingerprint density at radius 2 is 1.86 bits per heavy atom. The number of urea groups is 1. The van der Waals surface area contributed by atoms with E-state index in [-0.39, 0.29) is 49.2 Å². The smallest absolute Gasteiger partial charge is 0.416 e. The van der Waals surface area contributed by atoms with Gasteiger partial charge < -0.3 is 30.3 Å². The summed E-state index contributed by atoms with van der Waals surface area (Å²) in [4.78, 5) is 41.8. The number of aliphatic hydroxyl groups is 1. The first-order chi connectivity index (χ1) is 20.3. The number of fused-ring (bicyclic) bond motifs is 1. The van der Waals surface area contributed by atoms with Crippen molar-refractivity contribution >= 4 is 29.2 Å². The number of amides is 4. The molecule has 1 aromatic heterocycles. The number of hydrogen-bond donors (Lipinski definition) is 3. The van der Waals surface area contributed by atoms with Gasteiger partial charge in [-0.15, -0.1) is 5.10 Å².